The number of methoxy groups -OCH3 is 1. The second kappa shape index (κ2) is 9.97. The number of hydrogen-bond acceptors (Lipinski definition) is 5. The fourth-order valence-corrected chi connectivity index (χ4v) is 5.94. The average molecular weight is 495 g/mol. The number of aliphatic hydroxyl groups is 1. The lowest BCUT2D eigenvalue weighted by Gasteiger charge is -2.34. The van der Waals surface area contributed by atoms with E-state index < -0.39 is 18.0 Å². The van der Waals surface area contributed by atoms with Crippen LogP contribution < -0.4 is 20.9 Å². The van der Waals surface area contributed by atoms with Gasteiger partial charge in [-0.1, -0.05) is 25.1 Å². The zero-order chi connectivity index (χ0) is 25.4. The van der Waals surface area contributed by atoms with Crippen molar-refractivity contribution in [1.29, 1.82) is 0 Å². The van der Waals surface area contributed by atoms with E-state index >= 15 is 0 Å². The van der Waals surface area contributed by atoms with E-state index in [2.05, 4.69) is 10.6 Å². The van der Waals surface area contributed by atoms with E-state index in [9.17, 15) is 19.5 Å². The van der Waals surface area contributed by atoms with Crippen LogP contribution in [0.1, 0.15) is 44.3 Å². The number of carbonyl (C=O) groups is 2. The number of fused-ring (bicyclic) bond motifs is 3. The molecule has 0 unspecified atom stereocenters. The largest absolute Gasteiger partial charge is 0.496 e. The van der Waals surface area contributed by atoms with Crippen LogP contribution in [0.4, 0.5) is 4.79 Å². The minimum absolute atomic E-state index is 0.121. The third-order valence-corrected chi connectivity index (χ3v) is 7.95. The summed E-state index contributed by atoms with van der Waals surface area (Å²) in [5.74, 6) is -0.342. The molecule has 3 N–H and O–H groups in total. The summed E-state index contributed by atoms with van der Waals surface area (Å²) in [5, 5.41) is 16.4. The Kier molecular flexibility index (Phi) is 6.75. The molecule has 192 valence electrons. The number of benzene rings is 1. The summed E-state index contributed by atoms with van der Waals surface area (Å²) in [6, 6.07) is 9.52. The van der Waals surface area contributed by atoms with Gasteiger partial charge in [0.1, 0.15) is 11.8 Å². The Balaban J connectivity index is 1.55. The molecule has 3 heterocycles. The number of nitrogens with zero attached hydrogens (tertiary/aromatic N) is 2. The minimum atomic E-state index is -0.791. The Morgan fingerprint density at radius 1 is 1.14 bits per heavy atom. The molecule has 2 aliphatic heterocycles. The van der Waals surface area contributed by atoms with Crippen LogP contribution in [0.2, 0.25) is 0 Å². The second-order valence-electron chi connectivity index (χ2n) is 9.96. The maximum absolute atomic E-state index is 13.7. The summed E-state index contributed by atoms with van der Waals surface area (Å²) in [4.78, 5) is 42.0. The van der Waals surface area contributed by atoms with Crippen LogP contribution in [0.25, 0.3) is 11.1 Å². The molecule has 1 aromatic carbocycles. The number of pyridine rings is 1. The van der Waals surface area contributed by atoms with Gasteiger partial charge in [0, 0.05) is 48.8 Å². The zero-order valence-corrected chi connectivity index (χ0v) is 20.8. The summed E-state index contributed by atoms with van der Waals surface area (Å²) in [6.45, 7) is 2.53. The third-order valence-electron chi connectivity index (χ3n) is 7.95. The smallest absolute Gasteiger partial charge is 0.318 e. The third kappa shape index (κ3) is 3.95. The molecule has 0 bridgehead atoms. The number of urea groups is 1. The molecule has 0 radical (unpaired) electrons. The Bertz CT molecular complexity index is 1210. The maximum Gasteiger partial charge on any atom is 0.318 e. The molecule has 36 heavy (non-hydrogen) atoms. The topological polar surface area (TPSA) is 113 Å². The Labute approximate surface area is 210 Å². The first-order valence-electron chi connectivity index (χ1n) is 12.8. The first-order chi connectivity index (χ1) is 17.5. The molecule has 3 aliphatic rings. The van der Waals surface area contributed by atoms with Crippen LogP contribution in [0, 0.1) is 11.8 Å². The van der Waals surface area contributed by atoms with Crippen molar-refractivity contribution in [3.05, 3.63) is 52.4 Å². The molecule has 1 aromatic heterocycles. The van der Waals surface area contributed by atoms with Crippen molar-refractivity contribution in [2.75, 3.05) is 20.3 Å². The molecule has 2 aromatic rings. The van der Waals surface area contributed by atoms with Gasteiger partial charge in [0.25, 0.3) is 5.56 Å². The van der Waals surface area contributed by atoms with Crippen LogP contribution in [0.15, 0.2) is 41.2 Å². The molecule has 9 nitrogen and oxygen atoms in total. The number of para-hydroxylation sites is 1. The summed E-state index contributed by atoms with van der Waals surface area (Å²) < 4.78 is 7.16. The lowest BCUT2D eigenvalue weighted by atomic mass is 9.87. The molecule has 2 fully saturated rings. The maximum atomic E-state index is 13.7. The highest BCUT2D eigenvalue weighted by molar-refractivity contribution is 5.89. The fraction of sp³-hybridized carbons (Fsp3) is 0.519. The van der Waals surface area contributed by atoms with Gasteiger partial charge >= 0.3 is 6.03 Å². The number of aromatic nitrogens is 1. The fourth-order valence-electron chi connectivity index (χ4n) is 5.94. The van der Waals surface area contributed by atoms with E-state index in [1.165, 1.54) is 0 Å². The van der Waals surface area contributed by atoms with Gasteiger partial charge in [0.2, 0.25) is 5.91 Å². The highest BCUT2D eigenvalue weighted by Gasteiger charge is 2.57. The van der Waals surface area contributed by atoms with E-state index in [-0.39, 0.29) is 36.1 Å². The normalized spacial score (nSPS) is 24.6. The van der Waals surface area contributed by atoms with E-state index in [1.54, 1.807) is 22.6 Å². The quantitative estimate of drug-likeness (QED) is 0.547. The molecule has 3 amide bonds. The first kappa shape index (κ1) is 24.4. The van der Waals surface area contributed by atoms with Gasteiger partial charge in [-0.25, -0.2) is 4.79 Å². The SMILES string of the molecule is CCCNC(=O)N1[C@H](C(=O)NC2CCC2)[C@@H](CO)[C@@H]2Cn3c(ccc(-c4ccccc4OC)c3=O)[C@@H]21. The highest BCUT2D eigenvalue weighted by atomic mass is 16.5. The summed E-state index contributed by atoms with van der Waals surface area (Å²) >= 11 is 0. The van der Waals surface area contributed by atoms with E-state index in [0.29, 0.717) is 35.7 Å². The number of aliphatic hydroxyl groups excluding tert-OH is 1. The van der Waals surface area contributed by atoms with E-state index in [1.807, 2.05) is 37.3 Å². The summed E-state index contributed by atoms with van der Waals surface area (Å²) in [6.07, 6.45) is 3.70. The monoisotopic (exact) mass is 494 g/mol. The van der Waals surface area contributed by atoms with Crippen molar-refractivity contribution < 1.29 is 19.4 Å². The van der Waals surface area contributed by atoms with Gasteiger partial charge in [-0.2, -0.15) is 0 Å². The molecule has 5 rings (SSSR count). The molecule has 0 spiro atoms. The highest BCUT2D eigenvalue weighted by Crippen LogP contribution is 2.49. The number of carbonyl (C=O) groups excluding carboxylic acids is 2. The number of ether oxygens (including phenoxy) is 1. The molecule has 1 saturated carbocycles. The van der Waals surface area contributed by atoms with Gasteiger partial charge in [-0.3, -0.25) is 9.59 Å². The van der Waals surface area contributed by atoms with Crippen LogP contribution in [0.3, 0.4) is 0 Å². The van der Waals surface area contributed by atoms with Gasteiger partial charge in [0.15, 0.2) is 0 Å². The first-order valence-corrected chi connectivity index (χ1v) is 12.8. The standard InChI is InChI=1S/C27H34N4O5/c1-3-13-28-27(35)31-23-19(20(15-32)24(31)25(33)29-16-7-6-8-16)14-30-21(23)12-11-18(26(30)34)17-9-4-5-10-22(17)36-2/h4-5,9-12,16,19-20,23-24,32H,3,6-8,13-15H2,1-2H3,(H,28,35)(H,29,33)/t19-,20-,23+,24-/m0/s1. The zero-order valence-electron chi connectivity index (χ0n) is 20.8. The molecular weight excluding hydrogens is 460 g/mol. The Hall–Kier alpha value is -3.33. The number of hydrogen-bond donors (Lipinski definition) is 3. The van der Waals surface area contributed by atoms with Gasteiger partial charge in [-0.15, -0.1) is 0 Å². The summed E-state index contributed by atoms with van der Waals surface area (Å²) in [5.41, 5.74) is 1.73. The molecule has 1 saturated heterocycles. The van der Waals surface area contributed by atoms with Gasteiger partial charge < -0.3 is 29.9 Å². The van der Waals surface area contributed by atoms with Crippen molar-refractivity contribution in [1.82, 2.24) is 20.1 Å². The van der Waals surface area contributed by atoms with Gasteiger partial charge in [-0.05, 0) is 43.9 Å². The Morgan fingerprint density at radius 2 is 1.92 bits per heavy atom. The van der Waals surface area contributed by atoms with E-state index in [0.717, 1.165) is 25.7 Å². The second-order valence-corrected chi connectivity index (χ2v) is 9.96. The predicted molar refractivity (Wildman–Crippen MR) is 135 cm³/mol. The lowest BCUT2D eigenvalue weighted by molar-refractivity contribution is -0.128. The molecule has 1 aliphatic carbocycles. The van der Waals surface area contributed by atoms with Crippen molar-refractivity contribution in [2.45, 2.75) is 57.3 Å². The van der Waals surface area contributed by atoms with Gasteiger partial charge in [0.05, 0.1) is 18.7 Å². The van der Waals surface area contributed by atoms with Crippen LogP contribution >= 0.6 is 0 Å². The summed E-state index contributed by atoms with van der Waals surface area (Å²) in [7, 11) is 1.57. The molecule has 4 atom stereocenters. The number of likely N-dealkylation sites (tertiary alicyclic amines) is 1. The number of rotatable bonds is 7. The van der Waals surface area contributed by atoms with Crippen molar-refractivity contribution in [2.24, 2.45) is 11.8 Å². The number of nitrogens with one attached hydrogen (secondary N) is 2. The lowest BCUT2D eigenvalue weighted by Crippen LogP contribution is -2.55. The van der Waals surface area contributed by atoms with Crippen LogP contribution in [-0.4, -0.2) is 58.9 Å². The molecular formula is C27H34N4O5. The number of amides is 3. The average Bonchev–Trinajstić information content (AvgIpc) is 3.40. The molecule has 9 heteroatoms. The van der Waals surface area contributed by atoms with E-state index in [4.69, 9.17) is 4.74 Å². The van der Waals surface area contributed by atoms with Crippen molar-refractivity contribution in [3.8, 4) is 16.9 Å². The Morgan fingerprint density at radius 3 is 2.58 bits per heavy atom. The van der Waals surface area contributed by atoms with Crippen LogP contribution in [-0.2, 0) is 11.3 Å². The van der Waals surface area contributed by atoms with Crippen molar-refractivity contribution in [3.63, 3.8) is 0 Å². The predicted octanol–water partition coefficient (Wildman–Crippen LogP) is 2.28. The minimum Gasteiger partial charge on any atom is -0.496 e. The van der Waals surface area contributed by atoms with Crippen LogP contribution in [0.5, 0.6) is 5.75 Å². The van der Waals surface area contributed by atoms with Crippen molar-refractivity contribution >= 4 is 11.9 Å².